The van der Waals surface area contributed by atoms with Gasteiger partial charge >= 0.3 is 0 Å². The molecule has 4 rings (SSSR count). The third kappa shape index (κ3) is 6.10. The molecule has 0 saturated carbocycles. The van der Waals surface area contributed by atoms with Crippen LogP contribution in [0.15, 0.2) is 36.4 Å². The summed E-state index contributed by atoms with van der Waals surface area (Å²) in [6.45, 7) is 4.73. The third-order valence-corrected chi connectivity index (χ3v) is 6.46. The number of nitrogens with zero attached hydrogens (tertiary/aromatic N) is 2. The van der Waals surface area contributed by atoms with Crippen molar-refractivity contribution in [2.24, 2.45) is 0 Å². The average Bonchev–Trinajstić information content (AvgIpc) is 2.82. The van der Waals surface area contributed by atoms with Crippen LogP contribution in [-0.2, 0) is 11.2 Å². The van der Waals surface area contributed by atoms with Crippen LogP contribution in [0.1, 0.15) is 46.8 Å². The van der Waals surface area contributed by atoms with Gasteiger partial charge in [-0.3, -0.25) is 4.79 Å². The Balaban J connectivity index is 1.42. The largest absolute Gasteiger partial charge is 0.378 e. The van der Waals surface area contributed by atoms with Gasteiger partial charge in [-0.15, -0.1) is 0 Å². The van der Waals surface area contributed by atoms with Crippen LogP contribution in [0, 0.1) is 5.82 Å². The monoisotopic (exact) mass is 454 g/mol. The topological polar surface area (TPSA) is 56.8 Å². The number of carbonyl (C=O) groups excluding carboxylic acids is 1. The Morgan fingerprint density at radius 2 is 2.00 bits per heavy atom. The van der Waals surface area contributed by atoms with Crippen LogP contribution in [0.2, 0.25) is 0 Å². The Hall–Kier alpha value is -2.48. The van der Waals surface area contributed by atoms with Crippen molar-refractivity contribution < 1.29 is 13.9 Å². The standard InChI is InChI=1S/C26H35FN4O2/c1-30(2)12-4-11-28-25-6-3-5-19-7-8-20(17-23(19)25)29-26(32)22-10-9-21(18-24(22)27)31-13-15-33-16-14-31/h7-10,17-18,25,28H,3-6,11-16H2,1-2H3,(H,29,32). The van der Waals surface area contributed by atoms with Crippen LogP contribution in [0.4, 0.5) is 15.8 Å². The van der Waals surface area contributed by atoms with Crippen LogP contribution in [-0.4, -0.2) is 64.3 Å². The molecule has 1 saturated heterocycles. The number of rotatable bonds is 8. The molecule has 0 spiro atoms. The summed E-state index contributed by atoms with van der Waals surface area (Å²) in [6, 6.07) is 11.2. The molecule has 1 aliphatic heterocycles. The number of anilines is 2. The lowest BCUT2D eigenvalue weighted by atomic mass is 9.87. The van der Waals surface area contributed by atoms with E-state index in [1.807, 2.05) is 12.1 Å². The molecule has 1 unspecified atom stereocenters. The summed E-state index contributed by atoms with van der Waals surface area (Å²) in [5.74, 6) is -0.929. The van der Waals surface area contributed by atoms with E-state index >= 15 is 0 Å². The van der Waals surface area contributed by atoms with E-state index in [4.69, 9.17) is 4.74 Å². The molecule has 7 heteroatoms. The molecule has 1 atom stereocenters. The fourth-order valence-electron chi connectivity index (χ4n) is 4.67. The van der Waals surface area contributed by atoms with Gasteiger partial charge in [0.2, 0.25) is 0 Å². The first kappa shape index (κ1) is 23.7. The minimum absolute atomic E-state index is 0.0584. The highest BCUT2D eigenvalue weighted by Crippen LogP contribution is 2.32. The van der Waals surface area contributed by atoms with E-state index in [-0.39, 0.29) is 11.6 Å². The van der Waals surface area contributed by atoms with Crippen LogP contribution >= 0.6 is 0 Å². The molecule has 2 aromatic carbocycles. The number of ether oxygens (including phenoxy) is 1. The maximum Gasteiger partial charge on any atom is 0.258 e. The number of benzene rings is 2. The predicted octanol–water partition coefficient (Wildman–Crippen LogP) is 3.83. The fraction of sp³-hybridized carbons (Fsp3) is 0.500. The maximum absolute atomic E-state index is 14.8. The van der Waals surface area contributed by atoms with Crippen LogP contribution < -0.4 is 15.5 Å². The first-order chi connectivity index (χ1) is 16.0. The highest BCUT2D eigenvalue weighted by molar-refractivity contribution is 6.04. The maximum atomic E-state index is 14.8. The minimum Gasteiger partial charge on any atom is -0.378 e. The molecule has 1 aliphatic carbocycles. The smallest absolute Gasteiger partial charge is 0.258 e. The molecule has 2 aromatic rings. The summed E-state index contributed by atoms with van der Waals surface area (Å²) in [7, 11) is 4.17. The van der Waals surface area contributed by atoms with E-state index in [1.165, 1.54) is 17.2 Å². The van der Waals surface area contributed by atoms with Gasteiger partial charge in [-0.1, -0.05) is 6.07 Å². The molecular weight excluding hydrogens is 419 g/mol. The van der Waals surface area contributed by atoms with Gasteiger partial charge in [0.15, 0.2) is 0 Å². The van der Waals surface area contributed by atoms with E-state index in [0.29, 0.717) is 18.9 Å². The number of morpholine rings is 1. The van der Waals surface area contributed by atoms with Crippen molar-refractivity contribution in [2.45, 2.75) is 31.7 Å². The molecule has 2 aliphatic rings. The molecule has 33 heavy (non-hydrogen) atoms. The Labute approximate surface area is 196 Å². The molecule has 1 amide bonds. The van der Waals surface area contributed by atoms with Gasteiger partial charge in [0, 0.05) is 30.5 Å². The molecule has 178 valence electrons. The lowest BCUT2D eigenvalue weighted by Crippen LogP contribution is -2.36. The Morgan fingerprint density at radius 1 is 1.18 bits per heavy atom. The van der Waals surface area contributed by atoms with Crippen molar-refractivity contribution in [2.75, 3.05) is 63.7 Å². The van der Waals surface area contributed by atoms with Crippen LogP contribution in [0.25, 0.3) is 0 Å². The first-order valence-electron chi connectivity index (χ1n) is 12.0. The zero-order valence-corrected chi connectivity index (χ0v) is 19.7. The third-order valence-electron chi connectivity index (χ3n) is 6.46. The molecule has 2 N–H and O–H groups in total. The average molecular weight is 455 g/mol. The molecule has 1 heterocycles. The molecular formula is C26H35FN4O2. The number of hydrogen-bond donors (Lipinski definition) is 2. The SMILES string of the molecule is CN(C)CCCNC1CCCc2ccc(NC(=O)c3ccc(N4CCOCC4)cc3F)cc21. The quantitative estimate of drug-likeness (QED) is 0.594. The van der Waals surface area contributed by atoms with E-state index in [1.54, 1.807) is 6.07 Å². The van der Waals surface area contributed by atoms with Crippen molar-refractivity contribution in [3.8, 4) is 0 Å². The molecule has 0 aromatic heterocycles. The molecule has 0 radical (unpaired) electrons. The molecule has 0 bridgehead atoms. The lowest BCUT2D eigenvalue weighted by Gasteiger charge is -2.29. The van der Waals surface area contributed by atoms with Gasteiger partial charge in [0.1, 0.15) is 5.82 Å². The lowest BCUT2D eigenvalue weighted by molar-refractivity contribution is 0.102. The number of nitrogens with one attached hydrogen (secondary N) is 2. The van der Waals surface area contributed by atoms with E-state index in [2.05, 4.69) is 46.7 Å². The Kier molecular flexibility index (Phi) is 7.96. The van der Waals surface area contributed by atoms with Crippen molar-refractivity contribution >= 4 is 17.3 Å². The summed E-state index contributed by atoms with van der Waals surface area (Å²) >= 11 is 0. The highest BCUT2D eigenvalue weighted by Gasteiger charge is 2.21. The van der Waals surface area contributed by atoms with Gasteiger partial charge < -0.3 is 25.2 Å². The zero-order valence-electron chi connectivity index (χ0n) is 19.7. The van der Waals surface area contributed by atoms with Crippen molar-refractivity contribution in [3.05, 3.63) is 58.9 Å². The van der Waals surface area contributed by atoms with Crippen LogP contribution in [0.3, 0.4) is 0 Å². The summed E-state index contributed by atoms with van der Waals surface area (Å²) in [5, 5.41) is 6.58. The Morgan fingerprint density at radius 3 is 2.76 bits per heavy atom. The zero-order chi connectivity index (χ0) is 23.2. The second kappa shape index (κ2) is 11.1. The van der Waals surface area contributed by atoms with E-state index < -0.39 is 11.7 Å². The summed E-state index contributed by atoms with van der Waals surface area (Å²) in [4.78, 5) is 17.1. The van der Waals surface area contributed by atoms with Gasteiger partial charge in [-0.25, -0.2) is 4.39 Å². The van der Waals surface area contributed by atoms with Gasteiger partial charge in [-0.05, 0) is 94.3 Å². The van der Waals surface area contributed by atoms with Gasteiger partial charge in [0.05, 0.1) is 18.8 Å². The molecule has 1 fully saturated rings. The van der Waals surface area contributed by atoms with Crippen molar-refractivity contribution in [3.63, 3.8) is 0 Å². The minimum atomic E-state index is -0.505. The van der Waals surface area contributed by atoms with Crippen molar-refractivity contribution in [1.82, 2.24) is 10.2 Å². The second-order valence-electron chi connectivity index (χ2n) is 9.19. The van der Waals surface area contributed by atoms with E-state index in [9.17, 15) is 9.18 Å². The number of halogens is 1. The number of hydrogen-bond acceptors (Lipinski definition) is 5. The summed E-state index contributed by atoms with van der Waals surface area (Å²) < 4.78 is 20.1. The number of aryl methyl sites for hydroxylation is 1. The molecule has 6 nitrogen and oxygen atoms in total. The summed E-state index contributed by atoms with van der Waals surface area (Å²) in [6.07, 6.45) is 4.39. The first-order valence-corrected chi connectivity index (χ1v) is 12.0. The highest BCUT2D eigenvalue weighted by atomic mass is 19.1. The number of fused-ring (bicyclic) bond motifs is 1. The second-order valence-corrected chi connectivity index (χ2v) is 9.19. The Bertz CT molecular complexity index is 959. The van der Waals surface area contributed by atoms with Gasteiger partial charge in [0.25, 0.3) is 5.91 Å². The fourth-order valence-corrected chi connectivity index (χ4v) is 4.67. The van der Waals surface area contributed by atoms with Crippen LogP contribution in [0.5, 0.6) is 0 Å². The van der Waals surface area contributed by atoms with E-state index in [0.717, 1.165) is 57.5 Å². The van der Waals surface area contributed by atoms with Crippen molar-refractivity contribution in [1.29, 1.82) is 0 Å². The summed E-state index contributed by atoms with van der Waals surface area (Å²) in [5.41, 5.74) is 4.11. The normalized spacial score (nSPS) is 18.3. The van der Waals surface area contributed by atoms with Gasteiger partial charge in [-0.2, -0.15) is 0 Å². The number of carbonyl (C=O) groups is 1. The predicted molar refractivity (Wildman–Crippen MR) is 131 cm³/mol. The number of amides is 1.